The van der Waals surface area contributed by atoms with Crippen molar-refractivity contribution < 1.29 is 9.53 Å². The van der Waals surface area contributed by atoms with Crippen molar-refractivity contribution >= 4 is 34.2 Å². The van der Waals surface area contributed by atoms with Gasteiger partial charge in [0.2, 0.25) is 0 Å². The van der Waals surface area contributed by atoms with Crippen LogP contribution in [0.4, 0.5) is 5.69 Å². The van der Waals surface area contributed by atoms with Crippen molar-refractivity contribution in [3.8, 4) is 11.4 Å². The molecule has 162 valence electrons. The van der Waals surface area contributed by atoms with Gasteiger partial charge in [-0.25, -0.2) is 9.67 Å². The molecule has 0 bridgehead atoms. The van der Waals surface area contributed by atoms with Crippen LogP contribution in [0.25, 0.3) is 16.7 Å². The van der Waals surface area contributed by atoms with E-state index in [9.17, 15) is 4.79 Å². The summed E-state index contributed by atoms with van der Waals surface area (Å²) in [7, 11) is 1.56. The van der Waals surface area contributed by atoms with Gasteiger partial charge in [0.05, 0.1) is 35.1 Å². The van der Waals surface area contributed by atoms with E-state index in [4.69, 9.17) is 26.4 Å². The maximum absolute atomic E-state index is 13.5. The topological polar surface area (TPSA) is 69.0 Å². The Kier molecular flexibility index (Phi) is 5.10. The molecule has 32 heavy (non-hydrogen) atoms. The minimum atomic E-state index is -0.244. The first-order chi connectivity index (χ1) is 15.4. The zero-order chi connectivity index (χ0) is 22.4. The normalized spacial score (nSPS) is 13.4. The smallest absolute Gasteiger partial charge is 0.256 e. The average Bonchev–Trinajstić information content (AvgIpc) is 3.58. The standard InChI is InChI=1S/C25H23ClN4O2/c1-14-4-9-18(10-5-14)30-24-23(15(2)29-30)19(13-20(27-24)16-6-7-16)25(31)28-21-12-17(26)8-11-22(21)32-3/h4-5,8-13,16H,6-7H2,1-3H3,(H,28,31). The van der Waals surface area contributed by atoms with Crippen LogP contribution >= 0.6 is 11.6 Å². The Balaban J connectivity index is 1.65. The first kappa shape index (κ1) is 20.5. The molecule has 0 aliphatic heterocycles. The molecular weight excluding hydrogens is 424 g/mol. The Morgan fingerprint density at radius 2 is 1.88 bits per heavy atom. The minimum absolute atomic E-state index is 0.244. The Bertz CT molecular complexity index is 1340. The Labute approximate surface area is 191 Å². The summed E-state index contributed by atoms with van der Waals surface area (Å²) in [5.74, 6) is 0.683. The monoisotopic (exact) mass is 446 g/mol. The quantitative estimate of drug-likeness (QED) is 0.418. The van der Waals surface area contributed by atoms with Gasteiger partial charge in [-0.1, -0.05) is 29.3 Å². The third-order valence-electron chi connectivity index (χ3n) is 5.76. The van der Waals surface area contributed by atoms with Gasteiger partial charge < -0.3 is 10.1 Å². The third-order valence-corrected chi connectivity index (χ3v) is 6.00. The van der Waals surface area contributed by atoms with E-state index in [1.807, 2.05) is 48.9 Å². The predicted molar refractivity (Wildman–Crippen MR) is 126 cm³/mol. The number of aromatic nitrogens is 3. The molecule has 1 fully saturated rings. The van der Waals surface area contributed by atoms with Gasteiger partial charge in [-0.15, -0.1) is 0 Å². The van der Waals surface area contributed by atoms with Gasteiger partial charge in [-0.3, -0.25) is 4.79 Å². The highest BCUT2D eigenvalue weighted by atomic mass is 35.5. The predicted octanol–water partition coefficient (Wildman–Crippen LogP) is 5.83. The summed E-state index contributed by atoms with van der Waals surface area (Å²) in [6.07, 6.45) is 2.17. The number of nitrogens with zero attached hydrogens (tertiary/aromatic N) is 3. The number of methoxy groups -OCH3 is 1. The largest absolute Gasteiger partial charge is 0.495 e. The van der Waals surface area contributed by atoms with Crippen LogP contribution in [0.2, 0.25) is 5.02 Å². The summed E-state index contributed by atoms with van der Waals surface area (Å²) in [5, 5.41) is 8.97. The fourth-order valence-electron chi connectivity index (χ4n) is 3.91. The van der Waals surface area contributed by atoms with Crippen LogP contribution in [0.5, 0.6) is 5.75 Å². The lowest BCUT2D eigenvalue weighted by molar-refractivity contribution is 0.102. The number of benzene rings is 2. The second-order valence-corrected chi connectivity index (χ2v) is 8.64. The van der Waals surface area contributed by atoms with E-state index in [1.54, 1.807) is 25.3 Å². The molecule has 1 amide bonds. The summed E-state index contributed by atoms with van der Waals surface area (Å²) in [5.41, 5.74) is 5.52. The summed E-state index contributed by atoms with van der Waals surface area (Å²) in [4.78, 5) is 18.4. The molecule has 1 saturated carbocycles. The highest BCUT2D eigenvalue weighted by Crippen LogP contribution is 2.41. The van der Waals surface area contributed by atoms with Gasteiger partial charge in [-0.2, -0.15) is 5.10 Å². The number of ether oxygens (including phenoxy) is 1. The van der Waals surface area contributed by atoms with E-state index in [0.29, 0.717) is 33.6 Å². The van der Waals surface area contributed by atoms with Crippen molar-refractivity contribution in [2.75, 3.05) is 12.4 Å². The molecule has 0 spiro atoms. The van der Waals surface area contributed by atoms with Crippen LogP contribution in [-0.2, 0) is 0 Å². The van der Waals surface area contributed by atoms with Crippen LogP contribution < -0.4 is 10.1 Å². The Hall–Kier alpha value is -3.38. The summed E-state index contributed by atoms with van der Waals surface area (Å²) >= 11 is 6.15. The Morgan fingerprint density at radius 3 is 2.56 bits per heavy atom. The molecule has 2 aromatic heterocycles. The molecule has 1 aliphatic rings. The van der Waals surface area contributed by atoms with E-state index < -0.39 is 0 Å². The lowest BCUT2D eigenvalue weighted by atomic mass is 10.1. The molecule has 4 aromatic rings. The van der Waals surface area contributed by atoms with E-state index in [2.05, 4.69) is 5.32 Å². The fraction of sp³-hybridized carbons (Fsp3) is 0.240. The van der Waals surface area contributed by atoms with Crippen LogP contribution in [0, 0.1) is 13.8 Å². The number of carbonyl (C=O) groups excluding carboxylic acids is 1. The first-order valence-electron chi connectivity index (χ1n) is 10.6. The van der Waals surface area contributed by atoms with Crippen molar-refractivity contribution in [3.05, 3.63) is 76.1 Å². The third kappa shape index (κ3) is 3.71. The van der Waals surface area contributed by atoms with Crippen molar-refractivity contribution in [3.63, 3.8) is 0 Å². The molecule has 0 radical (unpaired) electrons. The number of amides is 1. The Morgan fingerprint density at radius 1 is 1.12 bits per heavy atom. The average molecular weight is 447 g/mol. The van der Waals surface area contributed by atoms with Crippen molar-refractivity contribution in [1.82, 2.24) is 14.8 Å². The molecule has 1 N–H and O–H groups in total. The number of rotatable bonds is 5. The van der Waals surface area contributed by atoms with Gasteiger partial charge in [0.25, 0.3) is 5.91 Å². The van der Waals surface area contributed by atoms with Gasteiger partial charge in [0.1, 0.15) is 5.75 Å². The van der Waals surface area contributed by atoms with E-state index >= 15 is 0 Å². The summed E-state index contributed by atoms with van der Waals surface area (Å²) < 4.78 is 7.22. The summed E-state index contributed by atoms with van der Waals surface area (Å²) in [6.45, 7) is 3.95. The summed E-state index contributed by atoms with van der Waals surface area (Å²) in [6, 6.07) is 15.2. The zero-order valence-electron chi connectivity index (χ0n) is 18.1. The van der Waals surface area contributed by atoms with Crippen LogP contribution in [0.3, 0.4) is 0 Å². The van der Waals surface area contributed by atoms with Crippen molar-refractivity contribution in [2.45, 2.75) is 32.6 Å². The van der Waals surface area contributed by atoms with Crippen molar-refractivity contribution in [1.29, 1.82) is 0 Å². The SMILES string of the molecule is COc1ccc(Cl)cc1NC(=O)c1cc(C2CC2)nc2c1c(C)nn2-c1ccc(C)cc1. The number of hydrogen-bond acceptors (Lipinski definition) is 4. The number of anilines is 1. The van der Waals surface area contributed by atoms with Crippen molar-refractivity contribution in [2.24, 2.45) is 0 Å². The molecule has 0 unspecified atom stereocenters. The number of fused-ring (bicyclic) bond motifs is 1. The number of hydrogen-bond donors (Lipinski definition) is 1. The van der Waals surface area contributed by atoms with E-state index in [0.717, 1.165) is 35.3 Å². The highest BCUT2D eigenvalue weighted by molar-refractivity contribution is 6.31. The molecular formula is C25H23ClN4O2. The number of pyridine rings is 1. The van der Waals surface area contributed by atoms with Gasteiger partial charge in [0.15, 0.2) is 5.65 Å². The molecule has 6 nitrogen and oxygen atoms in total. The molecule has 1 aliphatic carbocycles. The second kappa shape index (κ2) is 7.95. The minimum Gasteiger partial charge on any atom is -0.495 e. The number of aryl methyl sites for hydroxylation is 2. The van der Waals surface area contributed by atoms with Gasteiger partial charge in [-0.05, 0) is 63.1 Å². The van der Waals surface area contributed by atoms with Crippen LogP contribution in [-0.4, -0.2) is 27.8 Å². The lowest BCUT2D eigenvalue weighted by Gasteiger charge is -2.12. The molecule has 0 atom stereocenters. The highest BCUT2D eigenvalue weighted by Gasteiger charge is 2.29. The number of halogens is 1. The number of carbonyl (C=O) groups is 1. The van der Waals surface area contributed by atoms with Gasteiger partial charge in [0, 0.05) is 16.6 Å². The number of nitrogens with one attached hydrogen (secondary N) is 1. The zero-order valence-corrected chi connectivity index (χ0v) is 18.9. The molecule has 7 heteroatoms. The molecule has 5 rings (SSSR count). The van der Waals surface area contributed by atoms with Crippen LogP contribution in [0.1, 0.15) is 46.1 Å². The van der Waals surface area contributed by atoms with Gasteiger partial charge >= 0.3 is 0 Å². The van der Waals surface area contributed by atoms with Crippen LogP contribution in [0.15, 0.2) is 48.5 Å². The maximum atomic E-state index is 13.5. The first-order valence-corrected chi connectivity index (χ1v) is 10.9. The van der Waals surface area contributed by atoms with E-state index in [1.165, 1.54) is 5.56 Å². The van der Waals surface area contributed by atoms with E-state index in [-0.39, 0.29) is 5.91 Å². The molecule has 2 heterocycles. The molecule has 0 saturated heterocycles. The maximum Gasteiger partial charge on any atom is 0.256 e. The lowest BCUT2D eigenvalue weighted by Crippen LogP contribution is -2.14. The molecule has 2 aromatic carbocycles. The fourth-order valence-corrected chi connectivity index (χ4v) is 4.08. The second-order valence-electron chi connectivity index (χ2n) is 8.20.